The number of carbonyl (C=O) groups is 1. The van der Waals surface area contributed by atoms with Crippen molar-refractivity contribution in [2.75, 3.05) is 0 Å². The Morgan fingerprint density at radius 1 is 1.31 bits per heavy atom. The zero-order valence-corrected chi connectivity index (χ0v) is 9.90. The van der Waals surface area contributed by atoms with Crippen LogP contribution in [0.15, 0.2) is 24.3 Å². The van der Waals surface area contributed by atoms with Crippen molar-refractivity contribution >= 4 is 5.78 Å². The van der Waals surface area contributed by atoms with Crippen molar-refractivity contribution in [1.29, 1.82) is 0 Å². The summed E-state index contributed by atoms with van der Waals surface area (Å²) in [5.41, 5.74) is 2.31. The lowest BCUT2D eigenvalue weighted by atomic mass is 10.0. The van der Waals surface area contributed by atoms with Gasteiger partial charge in [0.25, 0.3) is 0 Å². The third-order valence-corrected chi connectivity index (χ3v) is 3.09. The van der Waals surface area contributed by atoms with E-state index in [1.165, 1.54) is 5.56 Å². The fourth-order valence-corrected chi connectivity index (χ4v) is 2.06. The number of Topliss-reactive ketones (excluding diaryl/α,β-unsaturated/α-hetero) is 1. The van der Waals surface area contributed by atoms with Gasteiger partial charge in [-0.3, -0.25) is 4.79 Å². The van der Waals surface area contributed by atoms with E-state index in [2.05, 4.69) is 0 Å². The van der Waals surface area contributed by atoms with Crippen molar-refractivity contribution < 1.29 is 9.53 Å². The van der Waals surface area contributed by atoms with Crippen LogP contribution in [0.4, 0.5) is 0 Å². The summed E-state index contributed by atoms with van der Waals surface area (Å²) in [7, 11) is 0. The van der Waals surface area contributed by atoms with Crippen LogP contribution in [0.3, 0.4) is 0 Å². The first-order valence-corrected chi connectivity index (χ1v) is 5.89. The van der Waals surface area contributed by atoms with Crippen LogP contribution in [-0.4, -0.2) is 18.0 Å². The van der Waals surface area contributed by atoms with E-state index in [4.69, 9.17) is 4.74 Å². The summed E-state index contributed by atoms with van der Waals surface area (Å²) in [6, 6.07) is 8.12. The van der Waals surface area contributed by atoms with E-state index >= 15 is 0 Å². The molecule has 0 amide bonds. The van der Waals surface area contributed by atoms with E-state index < -0.39 is 0 Å². The van der Waals surface area contributed by atoms with Crippen molar-refractivity contribution in [3.63, 3.8) is 0 Å². The fourth-order valence-electron chi connectivity index (χ4n) is 2.06. The molecule has 0 radical (unpaired) electrons. The quantitative estimate of drug-likeness (QED) is 0.779. The second-order valence-corrected chi connectivity index (χ2v) is 4.64. The molecule has 0 spiro atoms. The highest BCUT2D eigenvalue weighted by Crippen LogP contribution is 2.21. The molecule has 1 heterocycles. The number of ether oxygens (including phenoxy) is 1. The Kier molecular flexibility index (Phi) is 3.39. The van der Waals surface area contributed by atoms with Gasteiger partial charge in [0.2, 0.25) is 0 Å². The maximum Gasteiger partial charge on any atom is 0.165 e. The Balaban J connectivity index is 1.94. The lowest BCUT2D eigenvalue weighted by Crippen LogP contribution is -2.22. The maximum absolute atomic E-state index is 11.9. The van der Waals surface area contributed by atoms with Crippen molar-refractivity contribution in [1.82, 2.24) is 0 Å². The van der Waals surface area contributed by atoms with Gasteiger partial charge in [-0.25, -0.2) is 0 Å². The van der Waals surface area contributed by atoms with Gasteiger partial charge in [0.1, 0.15) is 6.10 Å². The van der Waals surface area contributed by atoms with Gasteiger partial charge in [0, 0.05) is 6.42 Å². The van der Waals surface area contributed by atoms with Crippen molar-refractivity contribution in [3.05, 3.63) is 35.4 Å². The topological polar surface area (TPSA) is 26.3 Å². The van der Waals surface area contributed by atoms with Crippen LogP contribution in [0, 0.1) is 6.92 Å². The molecule has 1 saturated heterocycles. The van der Waals surface area contributed by atoms with E-state index in [1.54, 1.807) is 0 Å². The molecule has 0 aromatic heterocycles. The molecule has 2 nitrogen and oxygen atoms in total. The molecule has 1 aromatic rings. The van der Waals surface area contributed by atoms with E-state index in [0.29, 0.717) is 6.42 Å². The first-order valence-electron chi connectivity index (χ1n) is 5.89. The average molecular weight is 218 g/mol. The molecule has 0 saturated carbocycles. The minimum atomic E-state index is -0.170. The van der Waals surface area contributed by atoms with Gasteiger partial charge in [-0.15, -0.1) is 0 Å². The molecule has 2 heteroatoms. The van der Waals surface area contributed by atoms with Gasteiger partial charge in [0.15, 0.2) is 5.78 Å². The Hall–Kier alpha value is -1.15. The molecule has 0 N–H and O–H groups in total. The molecular weight excluding hydrogens is 200 g/mol. The third-order valence-electron chi connectivity index (χ3n) is 3.09. The molecule has 86 valence electrons. The summed E-state index contributed by atoms with van der Waals surface area (Å²) in [6.07, 6.45) is 2.46. The summed E-state index contributed by atoms with van der Waals surface area (Å²) >= 11 is 0. The Labute approximate surface area is 96.6 Å². The van der Waals surface area contributed by atoms with Gasteiger partial charge in [-0.2, -0.15) is 0 Å². The minimum Gasteiger partial charge on any atom is -0.367 e. The van der Waals surface area contributed by atoms with E-state index in [0.717, 1.165) is 18.4 Å². The lowest BCUT2D eigenvalue weighted by molar-refractivity contribution is -0.128. The number of aryl methyl sites for hydroxylation is 1. The van der Waals surface area contributed by atoms with Gasteiger partial charge >= 0.3 is 0 Å². The molecule has 1 aliphatic heterocycles. The molecule has 2 rings (SSSR count). The lowest BCUT2D eigenvalue weighted by Gasteiger charge is -2.09. The summed E-state index contributed by atoms with van der Waals surface area (Å²) in [6.45, 7) is 4.08. The molecule has 2 atom stereocenters. The number of carbonyl (C=O) groups excluding carboxylic acids is 1. The van der Waals surface area contributed by atoms with Crippen LogP contribution in [0.2, 0.25) is 0 Å². The number of benzene rings is 1. The predicted octanol–water partition coefficient (Wildman–Crippen LogP) is 2.67. The van der Waals surface area contributed by atoms with Crippen molar-refractivity contribution in [2.45, 2.75) is 45.3 Å². The number of ketones is 1. The van der Waals surface area contributed by atoms with Crippen molar-refractivity contribution in [3.8, 4) is 0 Å². The molecule has 16 heavy (non-hydrogen) atoms. The van der Waals surface area contributed by atoms with Crippen molar-refractivity contribution in [2.24, 2.45) is 0 Å². The molecule has 2 unspecified atom stereocenters. The van der Waals surface area contributed by atoms with Gasteiger partial charge in [0.05, 0.1) is 6.10 Å². The third kappa shape index (κ3) is 2.70. The van der Waals surface area contributed by atoms with Gasteiger partial charge < -0.3 is 4.74 Å². The van der Waals surface area contributed by atoms with Crippen LogP contribution in [-0.2, 0) is 16.0 Å². The fraction of sp³-hybridized carbons (Fsp3) is 0.500. The zero-order valence-electron chi connectivity index (χ0n) is 9.90. The first kappa shape index (κ1) is 11.3. The van der Waals surface area contributed by atoms with Crippen LogP contribution >= 0.6 is 0 Å². The Bertz CT molecular complexity index is 367. The summed E-state index contributed by atoms with van der Waals surface area (Å²) in [5, 5.41) is 0. The number of rotatable bonds is 3. The van der Waals surface area contributed by atoms with Crippen LogP contribution in [0.5, 0.6) is 0 Å². The second-order valence-electron chi connectivity index (χ2n) is 4.64. The number of hydrogen-bond donors (Lipinski definition) is 0. The molecule has 0 aliphatic carbocycles. The maximum atomic E-state index is 11.9. The number of hydrogen-bond acceptors (Lipinski definition) is 2. The largest absolute Gasteiger partial charge is 0.367 e. The van der Waals surface area contributed by atoms with Crippen LogP contribution in [0.1, 0.15) is 30.9 Å². The molecule has 0 bridgehead atoms. The molecule has 1 fully saturated rings. The highest BCUT2D eigenvalue weighted by Gasteiger charge is 2.27. The molecule has 1 aromatic carbocycles. The summed E-state index contributed by atoms with van der Waals surface area (Å²) < 4.78 is 5.57. The monoisotopic (exact) mass is 218 g/mol. The van der Waals surface area contributed by atoms with Crippen LogP contribution in [0.25, 0.3) is 0 Å². The smallest absolute Gasteiger partial charge is 0.165 e. The Morgan fingerprint density at radius 2 is 2.00 bits per heavy atom. The standard InChI is InChI=1S/C14H18O2/c1-10-3-6-12(7-4-10)9-13(15)14-8-5-11(2)16-14/h3-4,6-7,11,14H,5,8-9H2,1-2H3. The molecule has 1 aliphatic rings. The first-order chi connectivity index (χ1) is 7.65. The predicted molar refractivity (Wildman–Crippen MR) is 63.5 cm³/mol. The van der Waals surface area contributed by atoms with E-state index in [1.807, 2.05) is 38.1 Å². The van der Waals surface area contributed by atoms with Gasteiger partial charge in [-0.1, -0.05) is 29.8 Å². The second kappa shape index (κ2) is 4.79. The van der Waals surface area contributed by atoms with Gasteiger partial charge in [-0.05, 0) is 32.3 Å². The summed E-state index contributed by atoms with van der Waals surface area (Å²) in [5.74, 6) is 0.216. The Morgan fingerprint density at radius 3 is 2.56 bits per heavy atom. The van der Waals surface area contributed by atoms with Crippen LogP contribution < -0.4 is 0 Å². The summed E-state index contributed by atoms with van der Waals surface area (Å²) in [4.78, 5) is 11.9. The SMILES string of the molecule is Cc1ccc(CC(=O)C2CCC(C)O2)cc1. The van der Waals surface area contributed by atoms with E-state index in [9.17, 15) is 4.79 Å². The highest BCUT2D eigenvalue weighted by molar-refractivity contribution is 5.85. The average Bonchev–Trinajstić information content (AvgIpc) is 2.68. The van der Waals surface area contributed by atoms with E-state index in [-0.39, 0.29) is 18.0 Å². The zero-order chi connectivity index (χ0) is 11.5. The highest BCUT2D eigenvalue weighted by atomic mass is 16.5. The molecular formula is C14H18O2. The minimum absolute atomic E-state index is 0.170. The normalized spacial score (nSPS) is 24.6.